The highest BCUT2D eigenvalue weighted by Gasteiger charge is 1.94. The zero-order chi connectivity index (χ0) is 5.70. The van der Waals surface area contributed by atoms with E-state index in [-0.39, 0.29) is 5.97 Å². The van der Waals surface area contributed by atoms with Crippen molar-refractivity contribution >= 4 is 21.9 Å². The number of halogens is 1. The van der Waals surface area contributed by atoms with E-state index in [0.29, 0.717) is 5.33 Å². The standard InChI is InChI=1S/C4H6BrO2/c1-7-4(6)2-3-5/h2H,3H2,1H3. The molecule has 0 aliphatic carbocycles. The van der Waals surface area contributed by atoms with E-state index in [4.69, 9.17) is 0 Å². The van der Waals surface area contributed by atoms with E-state index >= 15 is 0 Å². The summed E-state index contributed by atoms with van der Waals surface area (Å²) in [4.78, 5) is 10.1. The number of esters is 1. The van der Waals surface area contributed by atoms with Gasteiger partial charge in [0.25, 0.3) is 0 Å². The molecule has 0 amide bonds. The predicted molar refractivity (Wildman–Crippen MR) is 30.1 cm³/mol. The molecule has 0 aromatic carbocycles. The minimum Gasteiger partial charge on any atom is -0.469 e. The Kier molecular flexibility index (Phi) is 4.09. The van der Waals surface area contributed by atoms with Crippen LogP contribution in [0.25, 0.3) is 0 Å². The summed E-state index contributed by atoms with van der Waals surface area (Å²) in [5.74, 6) is -0.295. The van der Waals surface area contributed by atoms with Crippen molar-refractivity contribution in [2.75, 3.05) is 12.4 Å². The Bertz CT molecular complexity index is 62.7. The summed E-state index contributed by atoms with van der Waals surface area (Å²) in [5.41, 5.74) is 0. The molecule has 0 aromatic rings. The zero-order valence-corrected chi connectivity index (χ0v) is 5.56. The van der Waals surface area contributed by atoms with Crippen LogP contribution in [0.1, 0.15) is 0 Å². The first-order valence-corrected chi connectivity index (χ1v) is 2.90. The fraction of sp³-hybridized carbons (Fsp3) is 0.500. The van der Waals surface area contributed by atoms with Crippen LogP contribution in [0, 0.1) is 6.42 Å². The van der Waals surface area contributed by atoms with Crippen LogP contribution in [-0.4, -0.2) is 18.4 Å². The number of carbonyl (C=O) groups excluding carboxylic acids is 1. The average molecular weight is 166 g/mol. The van der Waals surface area contributed by atoms with Gasteiger partial charge in [-0.15, -0.1) is 0 Å². The highest BCUT2D eigenvalue weighted by Crippen LogP contribution is 1.86. The quantitative estimate of drug-likeness (QED) is 0.447. The van der Waals surface area contributed by atoms with E-state index < -0.39 is 0 Å². The average Bonchev–Trinajstić information content (AvgIpc) is 1.68. The third-order valence-electron chi connectivity index (χ3n) is 0.445. The molecule has 41 valence electrons. The maximum absolute atomic E-state index is 10.1. The lowest BCUT2D eigenvalue weighted by molar-refractivity contribution is -0.136. The molecule has 0 saturated heterocycles. The topological polar surface area (TPSA) is 26.3 Å². The monoisotopic (exact) mass is 165 g/mol. The first-order valence-electron chi connectivity index (χ1n) is 1.78. The second-order valence-corrected chi connectivity index (χ2v) is 1.53. The Labute approximate surface area is 51.0 Å². The summed E-state index contributed by atoms with van der Waals surface area (Å²) in [6, 6.07) is 0. The molecule has 0 spiro atoms. The molecule has 3 heteroatoms. The molecule has 0 bridgehead atoms. The van der Waals surface area contributed by atoms with E-state index in [1.54, 1.807) is 0 Å². The summed E-state index contributed by atoms with van der Waals surface area (Å²) in [6.45, 7) is 0. The molecular formula is C4H6BrO2. The summed E-state index contributed by atoms with van der Waals surface area (Å²) in [7, 11) is 1.35. The SMILES string of the molecule is COC(=O)[CH]CBr. The molecule has 0 saturated carbocycles. The van der Waals surface area contributed by atoms with Crippen molar-refractivity contribution in [3.05, 3.63) is 6.42 Å². The van der Waals surface area contributed by atoms with Crippen LogP contribution in [0.4, 0.5) is 0 Å². The Morgan fingerprint density at radius 2 is 2.57 bits per heavy atom. The second kappa shape index (κ2) is 4.12. The van der Waals surface area contributed by atoms with E-state index in [0.717, 1.165) is 0 Å². The number of alkyl halides is 1. The van der Waals surface area contributed by atoms with Gasteiger partial charge in [0.1, 0.15) is 0 Å². The highest BCUT2D eigenvalue weighted by atomic mass is 79.9. The van der Waals surface area contributed by atoms with Crippen LogP contribution in [0.15, 0.2) is 0 Å². The smallest absolute Gasteiger partial charge is 0.310 e. The molecule has 0 atom stereocenters. The Morgan fingerprint density at radius 1 is 2.00 bits per heavy atom. The fourth-order valence-electron chi connectivity index (χ4n) is 0.146. The lowest BCUT2D eigenvalue weighted by Gasteiger charge is -1.89. The molecule has 0 aliphatic rings. The van der Waals surface area contributed by atoms with Gasteiger partial charge in [-0.25, -0.2) is 0 Å². The summed E-state index contributed by atoms with van der Waals surface area (Å²) in [6.07, 6.45) is 1.40. The molecule has 0 rings (SSSR count). The summed E-state index contributed by atoms with van der Waals surface area (Å²) >= 11 is 3.03. The number of hydrogen-bond acceptors (Lipinski definition) is 2. The molecule has 2 nitrogen and oxygen atoms in total. The van der Waals surface area contributed by atoms with Crippen molar-refractivity contribution in [2.24, 2.45) is 0 Å². The molecule has 0 aromatic heterocycles. The third-order valence-corrected chi connectivity index (χ3v) is 0.769. The molecule has 0 unspecified atom stereocenters. The van der Waals surface area contributed by atoms with Crippen molar-refractivity contribution in [2.45, 2.75) is 0 Å². The predicted octanol–water partition coefficient (Wildman–Crippen LogP) is 0.759. The minimum absolute atomic E-state index is 0.295. The molecular weight excluding hydrogens is 160 g/mol. The van der Waals surface area contributed by atoms with Gasteiger partial charge in [-0.3, -0.25) is 4.79 Å². The van der Waals surface area contributed by atoms with Gasteiger partial charge < -0.3 is 4.74 Å². The van der Waals surface area contributed by atoms with E-state index in [9.17, 15) is 4.79 Å². The van der Waals surface area contributed by atoms with Crippen molar-refractivity contribution in [1.29, 1.82) is 0 Å². The van der Waals surface area contributed by atoms with Crippen LogP contribution in [0.2, 0.25) is 0 Å². The van der Waals surface area contributed by atoms with Crippen LogP contribution in [0.5, 0.6) is 0 Å². The lowest BCUT2D eigenvalue weighted by Crippen LogP contribution is -2.00. The Hall–Kier alpha value is -0.0500. The summed E-state index contributed by atoms with van der Waals surface area (Å²) < 4.78 is 4.27. The van der Waals surface area contributed by atoms with Gasteiger partial charge in [0.2, 0.25) is 0 Å². The van der Waals surface area contributed by atoms with E-state index in [2.05, 4.69) is 20.7 Å². The van der Waals surface area contributed by atoms with Gasteiger partial charge in [0.15, 0.2) is 0 Å². The van der Waals surface area contributed by atoms with Crippen LogP contribution in [-0.2, 0) is 9.53 Å². The van der Waals surface area contributed by atoms with Crippen LogP contribution in [0.3, 0.4) is 0 Å². The maximum Gasteiger partial charge on any atom is 0.310 e. The lowest BCUT2D eigenvalue weighted by atomic mass is 10.5. The maximum atomic E-state index is 10.1. The van der Waals surface area contributed by atoms with Gasteiger partial charge in [0, 0.05) is 5.33 Å². The molecule has 7 heavy (non-hydrogen) atoms. The van der Waals surface area contributed by atoms with Gasteiger partial charge in [-0.1, -0.05) is 15.9 Å². The van der Waals surface area contributed by atoms with Gasteiger partial charge in [0.05, 0.1) is 13.5 Å². The molecule has 0 fully saturated rings. The number of rotatable bonds is 2. The van der Waals surface area contributed by atoms with Gasteiger partial charge >= 0.3 is 5.97 Å². The van der Waals surface area contributed by atoms with E-state index in [1.807, 2.05) is 0 Å². The highest BCUT2D eigenvalue weighted by molar-refractivity contribution is 9.09. The minimum atomic E-state index is -0.295. The number of hydrogen-bond donors (Lipinski definition) is 0. The number of carbonyl (C=O) groups is 1. The first-order chi connectivity index (χ1) is 3.31. The van der Waals surface area contributed by atoms with Gasteiger partial charge in [-0.05, 0) is 0 Å². The number of ether oxygens (including phenoxy) is 1. The largest absolute Gasteiger partial charge is 0.469 e. The number of methoxy groups -OCH3 is 1. The van der Waals surface area contributed by atoms with Crippen LogP contribution >= 0.6 is 15.9 Å². The third kappa shape index (κ3) is 3.79. The molecule has 0 N–H and O–H groups in total. The fourth-order valence-corrected chi connectivity index (χ4v) is 0.411. The van der Waals surface area contributed by atoms with Crippen molar-refractivity contribution < 1.29 is 9.53 Å². The Morgan fingerprint density at radius 3 is 2.71 bits per heavy atom. The van der Waals surface area contributed by atoms with E-state index in [1.165, 1.54) is 13.5 Å². The normalized spacial score (nSPS) is 8.29. The summed E-state index contributed by atoms with van der Waals surface area (Å²) in [5, 5.41) is 0.555. The van der Waals surface area contributed by atoms with Crippen molar-refractivity contribution in [1.82, 2.24) is 0 Å². The van der Waals surface area contributed by atoms with Crippen molar-refractivity contribution in [3.8, 4) is 0 Å². The molecule has 1 radical (unpaired) electrons. The second-order valence-electron chi connectivity index (χ2n) is 0.882. The van der Waals surface area contributed by atoms with Crippen LogP contribution < -0.4 is 0 Å². The molecule has 0 heterocycles. The van der Waals surface area contributed by atoms with Gasteiger partial charge in [-0.2, -0.15) is 0 Å². The zero-order valence-electron chi connectivity index (χ0n) is 3.98. The Balaban J connectivity index is 3.00. The molecule has 0 aliphatic heterocycles. The van der Waals surface area contributed by atoms with Crippen molar-refractivity contribution in [3.63, 3.8) is 0 Å². The first kappa shape index (κ1) is 6.95.